The lowest BCUT2D eigenvalue weighted by atomic mass is 10.1. The molecule has 0 amide bonds. The molecule has 4 heterocycles. The van der Waals surface area contributed by atoms with Gasteiger partial charge in [0.1, 0.15) is 23.5 Å². The Morgan fingerprint density at radius 2 is 2.00 bits per heavy atom. The number of pyridine rings is 1. The predicted octanol–water partition coefficient (Wildman–Crippen LogP) is 2.68. The molecule has 0 unspecified atom stereocenters. The fraction of sp³-hybridized carbons (Fsp3) is 0.625. The third kappa shape index (κ3) is 2.41. The van der Waals surface area contributed by atoms with Crippen LogP contribution in [0.2, 0.25) is 10.2 Å². The lowest BCUT2D eigenvalue weighted by Gasteiger charge is -2.26. The fourth-order valence-corrected chi connectivity index (χ4v) is 4.61. The highest BCUT2D eigenvalue weighted by atomic mass is 35.5. The summed E-state index contributed by atoms with van der Waals surface area (Å²) in [4.78, 5) is 4.34. The number of aliphatic hydroxyl groups is 1. The van der Waals surface area contributed by atoms with Crippen molar-refractivity contribution in [2.75, 3.05) is 6.61 Å². The van der Waals surface area contributed by atoms with E-state index in [9.17, 15) is 5.11 Å². The Morgan fingerprint density at radius 3 is 2.76 bits per heavy atom. The molecular formula is C16H17Cl2N3O4. The summed E-state index contributed by atoms with van der Waals surface area (Å²) in [5.41, 5.74) is 0.524. The summed E-state index contributed by atoms with van der Waals surface area (Å²) in [6.45, 7) is -0.148. The molecule has 2 aliphatic heterocycles. The number of rotatable bonds is 2. The fourth-order valence-electron chi connectivity index (χ4n) is 4.13. The van der Waals surface area contributed by atoms with Crippen molar-refractivity contribution in [2.45, 2.75) is 56.0 Å². The normalized spacial score (nSPS) is 33.6. The summed E-state index contributed by atoms with van der Waals surface area (Å²) < 4.78 is 20.1. The summed E-state index contributed by atoms with van der Waals surface area (Å²) in [5, 5.41) is 15.6. The maximum atomic E-state index is 9.71. The number of aliphatic hydroxyl groups excluding tert-OH is 1. The van der Waals surface area contributed by atoms with Crippen molar-refractivity contribution >= 4 is 34.2 Å². The summed E-state index contributed by atoms with van der Waals surface area (Å²) in [5.74, 6) is -0.559. The second-order valence-electron chi connectivity index (χ2n) is 6.78. The van der Waals surface area contributed by atoms with E-state index in [0.717, 1.165) is 25.7 Å². The molecule has 1 saturated carbocycles. The van der Waals surface area contributed by atoms with Crippen LogP contribution in [0.5, 0.6) is 0 Å². The van der Waals surface area contributed by atoms with E-state index >= 15 is 0 Å². The molecule has 25 heavy (non-hydrogen) atoms. The molecular weight excluding hydrogens is 369 g/mol. The summed E-state index contributed by atoms with van der Waals surface area (Å²) in [6.07, 6.45) is 3.79. The highest BCUT2D eigenvalue weighted by Gasteiger charge is 2.59. The molecule has 3 aliphatic rings. The van der Waals surface area contributed by atoms with Crippen LogP contribution in [0, 0.1) is 0 Å². The number of nitrogens with zero attached hydrogens (tertiary/aromatic N) is 3. The lowest BCUT2D eigenvalue weighted by molar-refractivity contribution is -0.216. The zero-order valence-electron chi connectivity index (χ0n) is 13.3. The largest absolute Gasteiger partial charge is 0.394 e. The van der Waals surface area contributed by atoms with Gasteiger partial charge in [-0.15, -0.1) is 0 Å². The standard InChI is InChI=1S/C16H17Cl2N3O4/c17-9-5-11(18)20-14-8(9)6-19-21(14)15-13-12(10(7-22)23-15)24-16(25-13)3-1-2-4-16/h5-6,10,12-13,15,22H,1-4,7H2/t10-,12-,13-,15-/m1/s1. The number of aromatic nitrogens is 3. The molecule has 9 heteroatoms. The van der Waals surface area contributed by atoms with E-state index in [1.807, 2.05) is 0 Å². The van der Waals surface area contributed by atoms with Crippen molar-refractivity contribution in [3.05, 3.63) is 22.4 Å². The van der Waals surface area contributed by atoms with Gasteiger partial charge in [-0.25, -0.2) is 9.67 Å². The summed E-state index contributed by atoms with van der Waals surface area (Å²) in [7, 11) is 0. The van der Waals surface area contributed by atoms with Crippen LogP contribution < -0.4 is 0 Å². The van der Waals surface area contributed by atoms with E-state index in [2.05, 4.69) is 10.1 Å². The van der Waals surface area contributed by atoms with Crippen LogP contribution >= 0.6 is 23.2 Å². The van der Waals surface area contributed by atoms with Gasteiger partial charge in [0.2, 0.25) is 0 Å². The third-order valence-corrected chi connectivity index (χ3v) is 5.76. The quantitative estimate of drug-likeness (QED) is 0.800. The Kier molecular flexibility index (Phi) is 3.75. The molecule has 7 nitrogen and oxygen atoms in total. The van der Waals surface area contributed by atoms with Gasteiger partial charge in [0.15, 0.2) is 17.7 Å². The van der Waals surface area contributed by atoms with Gasteiger partial charge in [-0.05, 0) is 18.9 Å². The van der Waals surface area contributed by atoms with Crippen LogP contribution in [0.3, 0.4) is 0 Å². The molecule has 1 spiro atoms. The first-order chi connectivity index (χ1) is 12.1. The van der Waals surface area contributed by atoms with E-state index in [1.165, 1.54) is 0 Å². The van der Waals surface area contributed by atoms with Gasteiger partial charge in [-0.2, -0.15) is 5.10 Å². The minimum absolute atomic E-state index is 0.148. The van der Waals surface area contributed by atoms with E-state index in [0.29, 0.717) is 16.1 Å². The SMILES string of the molecule is OC[C@H]1O[C@@H](n2ncc3c(Cl)cc(Cl)nc32)[C@@H]2OC3(CCCC3)O[C@@H]21. The second kappa shape index (κ2) is 5.77. The van der Waals surface area contributed by atoms with E-state index in [4.69, 9.17) is 37.4 Å². The Balaban J connectivity index is 1.56. The first-order valence-electron chi connectivity index (χ1n) is 8.41. The monoisotopic (exact) mass is 385 g/mol. The third-order valence-electron chi connectivity index (χ3n) is 5.26. The van der Waals surface area contributed by atoms with Crippen LogP contribution in [0.1, 0.15) is 31.9 Å². The Labute approximate surface area is 153 Å². The van der Waals surface area contributed by atoms with Gasteiger partial charge >= 0.3 is 0 Å². The van der Waals surface area contributed by atoms with Crippen molar-refractivity contribution < 1.29 is 19.3 Å². The molecule has 0 radical (unpaired) electrons. The van der Waals surface area contributed by atoms with Crippen molar-refractivity contribution in [1.29, 1.82) is 0 Å². The maximum Gasteiger partial charge on any atom is 0.181 e. The van der Waals surface area contributed by atoms with Crippen molar-refractivity contribution in [3.8, 4) is 0 Å². The number of fused-ring (bicyclic) bond motifs is 2. The zero-order chi connectivity index (χ0) is 17.2. The van der Waals surface area contributed by atoms with Crippen molar-refractivity contribution in [2.24, 2.45) is 0 Å². The molecule has 0 aromatic carbocycles. The van der Waals surface area contributed by atoms with Gasteiger partial charge < -0.3 is 19.3 Å². The average molecular weight is 386 g/mol. The average Bonchev–Trinajstić information content (AvgIpc) is 3.32. The van der Waals surface area contributed by atoms with Gasteiger partial charge in [-0.3, -0.25) is 0 Å². The Bertz CT molecular complexity index is 823. The van der Waals surface area contributed by atoms with E-state index in [-0.39, 0.29) is 24.0 Å². The molecule has 1 aliphatic carbocycles. The second-order valence-corrected chi connectivity index (χ2v) is 7.58. The van der Waals surface area contributed by atoms with Crippen LogP contribution in [0.4, 0.5) is 0 Å². The maximum absolute atomic E-state index is 9.71. The molecule has 2 saturated heterocycles. The van der Waals surface area contributed by atoms with Gasteiger partial charge in [0.25, 0.3) is 0 Å². The molecule has 3 fully saturated rings. The van der Waals surface area contributed by atoms with Gasteiger partial charge in [-0.1, -0.05) is 23.2 Å². The minimum atomic E-state index is -0.559. The molecule has 0 bridgehead atoms. The number of ether oxygens (including phenoxy) is 3. The molecule has 2 aromatic heterocycles. The first-order valence-corrected chi connectivity index (χ1v) is 9.17. The first kappa shape index (κ1) is 16.2. The van der Waals surface area contributed by atoms with E-state index in [1.54, 1.807) is 16.9 Å². The van der Waals surface area contributed by atoms with E-state index < -0.39 is 18.1 Å². The summed E-state index contributed by atoms with van der Waals surface area (Å²) in [6, 6.07) is 1.58. The van der Waals surface area contributed by atoms with Crippen LogP contribution in [0.15, 0.2) is 12.3 Å². The zero-order valence-corrected chi connectivity index (χ0v) is 14.8. The lowest BCUT2D eigenvalue weighted by Crippen LogP contribution is -2.33. The van der Waals surface area contributed by atoms with Crippen molar-refractivity contribution in [3.63, 3.8) is 0 Å². The number of halogens is 2. The molecule has 4 atom stereocenters. The van der Waals surface area contributed by atoms with Crippen LogP contribution in [0.25, 0.3) is 11.0 Å². The highest BCUT2D eigenvalue weighted by Crippen LogP contribution is 2.49. The van der Waals surface area contributed by atoms with Gasteiger partial charge in [0, 0.05) is 12.8 Å². The smallest absolute Gasteiger partial charge is 0.181 e. The number of hydrogen-bond donors (Lipinski definition) is 1. The predicted molar refractivity (Wildman–Crippen MR) is 89.5 cm³/mol. The molecule has 1 N–H and O–H groups in total. The number of hydrogen-bond acceptors (Lipinski definition) is 6. The molecule has 2 aromatic rings. The minimum Gasteiger partial charge on any atom is -0.394 e. The van der Waals surface area contributed by atoms with Crippen LogP contribution in [-0.2, 0) is 14.2 Å². The molecule has 5 rings (SSSR count). The Hall–Kier alpha value is -0.960. The van der Waals surface area contributed by atoms with Crippen molar-refractivity contribution in [1.82, 2.24) is 14.8 Å². The highest BCUT2D eigenvalue weighted by molar-refractivity contribution is 6.37. The van der Waals surface area contributed by atoms with Crippen LogP contribution in [-0.4, -0.2) is 50.6 Å². The summed E-state index contributed by atoms with van der Waals surface area (Å²) >= 11 is 12.3. The Morgan fingerprint density at radius 1 is 1.24 bits per heavy atom. The van der Waals surface area contributed by atoms with Gasteiger partial charge in [0.05, 0.1) is 23.2 Å². The topological polar surface area (TPSA) is 78.6 Å². The molecule has 134 valence electrons.